The third-order valence-electron chi connectivity index (χ3n) is 3.44. The minimum atomic E-state index is 0.254. The minimum absolute atomic E-state index is 0.254. The lowest BCUT2D eigenvalue weighted by molar-refractivity contribution is 0.241. The van der Waals surface area contributed by atoms with Gasteiger partial charge in [-0.05, 0) is 70.4 Å². The van der Waals surface area contributed by atoms with Gasteiger partial charge in [0.15, 0.2) is 0 Å². The van der Waals surface area contributed by atoms with E-state index in [-0.39, 0.29) is 6.10 Å². The summed E-state index contributed by atoms with van der Waals surface area (Å²) in [6, 6.07) is 8.67. The molecule has 0 saturated carbocycles. The van der Waals surface area contributed by atoms with Crippen LogP contribution in [0.1, 0.15) is 38.2 Å². The van der Waals surface area contributed by atoms with E-state index in [1.165, 1.54) is 31.5 Å². The smallest absolute Gasteiger partial charge is 0.119 e. The largest absolute Gasteiger partial charge is 0.491 e. The molecule has 0 spiro atoms. The second kappa shape index (κ2) is 5.54. The molecule has 1 aliphatic rings. The number of piperidine rings is 1. The molecule has 0 aliphatic carbocycles. The summed E-state index contributed by atoms with van der Waals surface area (Å²) in [6.07, 6.45) is 2.81. The van der Waals surface area contributed by atoms with Crippen LogP contribution in [0.25, 0.3) is 0 Å². The maximum absolute atomic E-state index is 5.67. The first kappa shape index (κ1) is 12.4. The molecule has 1 saturated heterocycles. The Kier molecular flexibility index (Phi) is 4.06. The van der Waals surface area contributed by atoms with Crippen molar-refractivity contribution in [3.8, 4) is 5.75 Å². The van der Waals surface area contributed by atoms with Crippen LogP contribution in [0.4, 0.5) is 0 Å². The normalized spacial score (nSPS) is 18.6. The van der Waals surface area contributed by atoms with Crippen molar-refractivity contribution in [2.75, 3.05) is 20.1 Å². The molecule has 94 valence electrons. The van der Waals surface area contributed by atoms with Crippen LogP contribution >= 0.6 is 0 Å². The third kappa shape index (κ3) is 3.47. The van der Waals surface area contributed by atoms with Gasteiger partial charge in [0.2, 0.25) is 0 Å². The van der Waals surface area contributed by atoms with Gasteiger partial charge in [0.25, 0.3) is 0 Å². The second-order valence-electron chi connectivity index (χ2n) is 5.31. The molecule has 0 N–H and O–H groups in total. The lowest BCUT2D eigenvalue weighted by atomic mass is 9.90. The average molecular weight is 233 g/mol. The summed E-state index contributed by atoms with van der Waals surface area (Å²) in [4.78, 5) is 2.41. The molecule has 1 aliphatic heterocycles. The van der Waals surface area contributed by atoms with Gasteiger partial charge >= 0.3 is 0 Å². The number of hydrogen-bond donors (Lipinski definition) is 0. The van der Waals surface area contributed by atoms with E-state index in [4.69, 9.17) is 4.74 Å². The zero-order valence-corrected chi connectivity index (χ0v) is 11.1. The molecule has 0 unspecified atom stereocenters. The monoisotopic (exact) mass is 233 g/mol. The fourth-order valence-corrected chi connectivity index (χ4v) is 2.43. The third-order valence-corrected chi connectivity index (χ3v) is 3.44. The van der Waals surface area contributed by atoms with E-state index in [2.05, 4.69) is 50.1 Å². The van der Waals surface area contributed by atoms with Crippen molar-refractivity contribution in [2.45, 2.75) is 38.7 Å². The van der Waals surface area contributed by atoms with Crippen molar-refractivity contribution in [3.63, 3.8) is 0 Å². The molecule has 17 heavy (non-hydrogen) atoms. The van der Waals surface area contributed by atoms with Crippen molar-refractivity contribution in [1.29, 1.82) is 0 Å². The van der Waals surface area contributed by atoms with Gasteiger partial charge < -0.3 is 9.64 Å². The molecular formula is C15H23NO. The van der Waals surface area contributed by atoms with Gasteiger partial charge in [0.05, 0.1) is 6.10 Å². The summed E-state index contributed by atoms with van der Waals surface area (Å²) in [6.45, 7) is 6.56. The van der Waals surface area contributed by atoms with Gasteiger partial charge in [0, 0.05) is 0 Å². The van der Waals surface area contributed by atoms with Crippen molar-refractivity contribution < 1.29 is 4.74 Å². The van der Waals surface area contributed by atoms with Gasteiger partial charge in [0.1, 0.15) is 5.75 Å². The van der Waals surface area contributed by atoms with Gasteiger partial charge in [-0.15, -0.1) is 0 Å². The number of ether oxygens (including phenoxy) is 1. The van der Waals surface area contributed by atoms with Crippen molar-refractivity contribution in [3.05, 3.63) is 29.8 Å². The molecule has 2 rings (SSSR count). The topological polar surface area (TPSA) is 12.5 Å². The molecule has 0 radical (unpaired) electrons. The van der Waals surface area contributed by atoms with Crippen molar-refractivity contribution >= 4 is 0 Å². The fourth-order valence-electron chi connectivity index (χ4n) is 2.43. The Labute approximate surface area is 105 Å². The highest BCUT2D eigenvalue weighted by molar-refractivity contribution is 5.29. The molecule has 0 amide bonds. The Morgan fingerprint density at radius 1 is 1.12 bits per heavy atom. The average Bonchev–Trinajstić information content (AvgIpc) is 2.30. The first-order chi connectivity index (χ1) is 8.15. The molecule has 0 atom stereocenters. The van der Waals surface area contributed by atoms with E-state index in [1.807, 2.05) is 0 Å². The van der Waals surface area contributed by atoms with Crippen LogP contribution in [0.3, 0.4) is 0 Å². The second-order valence-corrected chi connectivity index (χ2v) is 5.31. The summed E-state index contributed by atoms with van der Waals surface area (Å²) < 4.78 is 5.67. The molecule has 1 fully saturated rings. The van der Waals surface area contributed by atoms with Gasteiger partial charge in [-0.3, -0.25) is 0 Å². The Morgan fingerprint density at radius 2 is 1.71 bits per heavy atom. The van der Waals surface area contributed by atoms with E-state index in [0.717, 1.165) is 11.7 Å². The zero-order valence-electron chi connectivity index (χ0n) is 11.1. The molecule has 2 heteroatoms. The van der Waals surface area contributed by atoms with Crippen LogP contribution < -0.4 is 4.74 Å². The number of benzene rings is 1. The maximum atomic E-state index is 5.67. The lowest BCUT2D eigenvalue weighted by Crippen LogP contribution is -2.29. The Hall–Kier alpha value is -1.02. The van der Waals surface area contributed by atoms with E-state index in [1.54, 1.807) is 0 Å². The first-order valence-corrected chi connectivity index (χ1v) is 6.60. The number of hydrogen-bond acceptors (Lipinski definition) is 2. The number of likely N-dealkylation sites (tertiary alicyclic amines) is 1. The van der Waals surface area contributed by atoms with Crippen molar-refractivity contribution in [1.82, 2.24) is 4.90 Å². The highest BCUT2D eigenvalue weighted by atomic mass is 16.5. The highest BCUT2D eigenvalue weighted by Crippen LogP contribution is 2.28. The van der Waals surface area contributed by atoms with Gasteiger partial charge in [-0.2, -0.15) is 0 Å². The molecule has 0 aromatic heterocycles. The maximum Gasteiger partial charge on any atom is 0.119 e. The quantitative estimate of drug-likeness (QED) is 0.794. The summed E-state index contributed by atoms with van der Waals surface area (Å²) in [7, 11) is 2.20. The van der Waals surface area contributed by atoms with E-state index in [0.29, 0.717) is 0 Å². The van der Waals surface area contributed by atoms with Crippen LogP contribution in [-0.2, 0) is 0 Å². The van der Waals surface area contributed by atoms with Crippen LogP contribution in [0.15, 0.2) is 24.3 Å². The SMILES string of the molecule is CC(C)Oc1ccc(C2CCN(C)CC2)cc1. The molecule has 2 nitrogen and oxygen atoms in total. The highest BCUT2D eigenvalue weighted by Gasteiger charge is 2.18. The van der Waals surface area contributed by atoms with Crippen LogP contribution in [0.2, 0.25) is 0 Å². The van der Waals surface area contributed by atoms with E-state index >= 15 is 0 Å². The summed E-state index contributed by atoms with van der Waals surface area (Å²) >= 11 is 0. The predicted molar refractivity (Wildman–Crippen MR) is 71.7 cm³/mol. The molecule has 1 heterocycles. The summed E-state index contributed by atoms with van der Waals surface area (Å²) in [5, 5.41) is 0. The van der Waals surface area contributed by atoms with Crippen LogP contribution in [0.5, 0.6) is 5.75 Å². The first-order valence-electron chi connectivity index (χ1n) is 6.60. The number of nitrogens with zero attached hydrogens (tertiary/aromatic N) is 1. The molecule has 0 bridgehead atoms. The van der Waals surface area contributed by atoms with Gasteiger partial charge in [-0.1, -0.05) is 12.1 Å². The Balaban J connectivity index is 1.97. The summed E-state index contributed by atoms with van der Waals surface area (Å²) in [5.74, 6) is 1.72. The Morgan fingerprint density at radius 3 is 2.24 bits per heavy atom. The molecule has 1 aromatic rings. The van der Waals surface area contributed by atoms with Gasteiger partial charge in [-0.25, -0.2) is 0 Å². The molecular weight excluding hydrogens is 210 g/mol. The van der Waals surface area contributed by atoms with E-state index in [9.17, 15) is 0 Å². The number of rotatable bonds is 3. The minimum Gasteiger partial charge on any atom is -0.491 e. The standard InChI is InChI=1S/C15H23NO/c1-12(2)17-15-6-4-13(5-7-15)14-8-10-16(3)11-9-14/h4-7,12,14H,8-11H2,1-3H3. The van der Waals surface area contributed by atoms with Crippen molar-refractivity contribution in [2.24, 2.45) is 0 Å². The van der Waals surface area contributed by atoms with Crippen LogP contribution in [-0.4, -0.2) is 31.1 Å². The van der Waals surface area contributed by atoms with E-state index < -0.39 is 0 Å². The Bertz CT molecular complexity index is 336. The fraction of sp³-hybridized carbons (Fsp3) is 0.600. The summed E-state index contributed by atoms with van der Waals surface area (Å²) in [5.41, 5.74) is 1.47. The predicted octanol–water partition coefficient (Wildman–Crippen LogP) is 3.28. The van der Waals surface area contributed by atoms with Crippen LogP contribution in [0, 0.1) is 0 Å². The zero-order chi connectivity index (χ0) is 12.3. The lowest BCUT2D eigenvalue weighted by Gasteiger charge is -2.29. The molecule has 1 aromatic carbocycles.